The zero-order valence-corrected chi connectivity index (χ0v) is 30.2. The molecule has 1 aromatic carbocycles. The molecule has 15 heteroatoms. The first-order valence-corrected chi connectivity index (χ1v) is 17.2. The Morgan fingerprint density at radius 3 is 2.00 bits per heavy atom. The Balaban J connectivity index is 0.000000205. The molecule has 0 unspecified atom stereocenters. The molecular formula is C35H41ClN8O5S. The number of ether oxygens (including phenoxy) is 1. The van der Waals surface area contributed by atoms with Crippen molar-refractivity contribution in [1.29, 1.82) is 0 Å². The molecule has 6 rings (SSSR count). The zero-order valence-electron chi connectivity index (χ0n) is 28.6. The van der Waals surface area contributed by atoms with E-state index in [1.165, 1.54) is 18.3 Å². The highest BCUT2D eigenvalue weighted by atomic mass is 35.5. The summed E-state index contributed by atoms with van der Waals surface area (Å²) in [6.07, 6.45) is 5.27. The number of morpholine rings is 1. The van der Waals surface area contributed by atoms with Gasteiger partial charge in [-0.25, -0.2) is 0 Å². The standard InChI is InChI=1S/C21H19ClN4O2S.C14H22N4O3/c1-12-8-13(10-25(12)2)23-20(27)16-9-14(11-26(16)3)24-21(28)19-18(22)15-6-4-5-7-17(15)29-19;1-11(19)16-12-9-13(17(2)10-12)14(20)15-3-4-18-5-7-21-8-6-18/h4-11H,1-3H3,(H,23,27)(H,24,28);9-10H,3-8H2,1-2H3,(H,15,20)(H,16,19). The highest BCUT2D eigenvalue weighted by Crippen LogP contribution is 2.35. The van der Waals surface area contributed by atoms with Crippen molar-refractivity contribution in [1.82, 2.24) is 23.9 Å². The Morgan fingerprint density at radius 1 is 0.800 bits per heavy atom. The van der Waals surface area contributed by atoms with Crippen LogP contribution in [0.5, 0.6) is 0 Å². The quantitative estimate of drug-likeness (QED) is 0.167. The lowest BCUT2D eigenvalue weighted by Gasteiger charge is -2.26. The van der Waals surface area contributed by atoms with Gasteiger partial charge in [0.05, 0.1) is 35.3 Å². The fourth-order valence-electron chi connectivity index (χ4n) is 5.45. The van der Waals surface area contributed by atoms with Gasteiger partial charge in [0.2, 0.25) is 5.91 Å². The number of hydrogen-bond donors (Lipinski definition) is 4. The molecule has 0 saturated carbocycles. The fourth-order valence-corrected chi connectivity index (χ4v) is 6.86. The maximum atomic E-state index is 12.7. The number of fused-ring (bicyclic) bond motifs is 1. The summed E-state index contributed by atoms with van der Waals surface area (Å²) in [5.74, 6) is -0.840. The van der Waals surface area contributed by atoms with Crippen molar-refractivity contribution < 1.29 is 23.9 Å². The maximum Gasteiger partial charge on any atom is 0.272 e. The minimum atomic E-state index is -0.299. The first-order chi connectivity index (χ1) is 23.9. The number of aryl methyl sites for hydroxylation is 4. The lowest BCUT2D eigenvalue weighted by Crippen LogP contribution is -2.41. The minimum Gasteiger partial charge on any atom is -0.379 e. The number of rotatable bonds is 9. The van der Waals surface area contributed by atoms with Crippen molar-refractivity contribution in [2.24, 2.45) is 21.1 Å². The summed E-state index contributed by atoms with van der Waals surface area (Å²) in [7, 11) is 5.45. The van der Waals surface area contributed by atoms with Gasteiger partial charge in [0.1, 0.15) is 16.3 Å². The minimum absolute atomic E-state index is 0.137. The molecule has 264 valence electrons. The molecule has 4 aromatic heterocycles. The second kappa shape index (κ2) is 16.2. The van der Waals surface area contributed by atoms with Crippen molar-refractivity contribution in [2.75, 3.05) is 55.3 Å². The van der Waals surface area contributed by atoms with Gasteiger partial charge < -0.3 is 39.7 Å². The van der Waals surface area contributed by atoms with Crippen molar-refractivity contribution >= 4 is 73.7 Å². The number of hydrogen-bond acceptors (Lipinski definition) is 7. The van der Waals surface area contributed by atoms with Crippen LogP contribution in [0.25, 0.3) is 10.1 Å². The van der Waals surface area contributed by atoms with Crippen LogP contribution in [-0.4, -0.2) is 81.6 Å². The second-order valence-corrected chi connectivity index (χ2v) is 13.4. The zero-order chi connectivity index (χ0) is 35.9. The number of carbonyl (C=O) groups is 4. The van der Waals surface area contributed by atoms with E-state index in [1.54, 1.807) is 47.8 Å². The van der Waals surface area contributed by atoms with Crippen LogP contribution in [0.15, 0.2) is 61.1 Å². The van der Waals surface area contributed by atoms with Gasteiger partial charge in [0, 0.05) is 88.6 Å². The van der Waals surface area contributed by atoms with E-state index < -0.39 is 0 Å². The van der Waals surface area contributed by atoms with E-state index in [2.05, 4.69) is 26.2 Å². The Morgan fingerprint density at radius 2 is 1.38 bits per heavy atom. The van der Waals surface area contributed by atoms with E-state index in [-0.39, 0.29) is 23.6 Å². The summed E-state index contributed by atoms with van der Waals surface area (Å²) < 4.78 is 11.5. The van der Waals surface area contributed by atoms with Crippen LogP contribution in [0, 0.1) is 6.92 Å². The summed E-state index contributed by atoms with van der Waals surface area (Å²) in [5, 5.41) is 12.6. The van der Waals surface area contributed by atoms with Gasteiger partial charge in [0.25, 0.3) is 17.7 Å². The molecule has 1 saturated heterocycles. The molecular weight excluding hydrogens is 680 g/mol. The van der Waals surface area contributed by atoms with Crippen LogP contribution in [-0.2, 0) is 30.7 Å². The number of nitrogens with zero attached hydrogens (tertiary/aromatic N) is 4. The van der Waals surface area contributed by atoms with E-state index in [4.69, 9.17) is 16.3 Å². The summed E-state index contributed by atoms with van der Waals surface area (Å²) >= 11 is 7.73. The number of anilines is 3. The molecule has 5 aromatic rings. The van der Waals surface area contributed by atoms with Crippen LogP contribution < -0.4 is 21.3 Å². The van der Waals surface area contributed by atoms with Gasteiger partial charge in [-0.2, -0.15) is 0 Å². The van der Waals surface area contributed by atoms with Crippen molar-refractivity contribution in [3.63, 3.8) is 0 Å². The number of halogens is 1. The average molecular weight is 721 g/mol. The van der Waals surface area contributed by atoms with E-state index in [9.17, 15) is 19.2 Å². The van der Waals surface area contributed by atoms with Crippen LogP contribution in [0.1, 0.15) is 43.3 Å². The predicted octanol–water partition coefficient (Wildman–Crippen LogP) is 5.09. The molecule has 0 spiro atoms. The first-order valence-electron chi connectivity index (χ1n) is 16.0. The molecule has 13 nitrogen and oxygen atoms in total. The molecule has 0 radical (unpaired) electrons. The molecule has 1 aliphatic rings. The van der Waals surface area contributed by atoms with Crippen molar-refractivity contribution in [3.8, 4) is 0 Å². The lowest BCUT2D eigenvalue weighted by atomic mass is 10.2. The summed E-state index contributed by atoms with van der Waals surface area (Å²) in [5.41, 5.74) is 3.88. The number of carbonyl (C=O) groups excluding carboxylic acids is 4. The Bertz CT molecular complexity index is 2000. The number of benzene rings is 1. The number of aromatic nitrogens is 3. The monoisotopic (exact) mass is 720 g/mol. The molecule has 4 N–H and O–H groups in total. The third-order valence-electron chi connectivity index (χ3n) is 8.12. The van der Waals surface area contributed by atoms with Crippen LogP contribution >= 0.6 is 22.9 Å². The number of nitrogens with one attached hydrogen (secondary N) is 4. The van der Waals surface area contributed by atoms with Gasteiger partial charge in [0.15, 0.2) is 0 Å². The summed E-state index contributed by atoms with van der Waals surface area (Å²) in [4.78, 5) is 51.2. The second-order valence-electron chi connectivity index (χ2n) is 12.0. The number of amides is 4. The SMILES string of the molecule is CC(=O)Nc1cc(C(=O)NCCN2CCOCC2)n(C)c1.Cc1cc(NC(=O)c2cc(NC(=O)c3sc4ccccc4c3Cl)cn2C)cn1C. The topological polar surface area (TPSA) is 144 Å². The molecule has 0 atom stereocenters. The third kappa shape index (κ3) is 9.01. The molecule has 0 aliphatic carbocycles. The van der Waals surface area contributed by atoms with E-state index in [0.29, 0.717) is 39.2 Å². The van der Waals surface area contributed by atoms with Gasteiger partial charge in [-0.3, -0.25) is 24.1 Å². The van der Waals surface area contributed by atoms with E-state index in [1.807, 2.05) is 55.1 Å². The first kappa shape index (κ1) is 36.4. The molecule has 1 fully saturated rings. The van der Waals surface area contributed by atoms with Gasteiger partial charge >= 0.3 is 0 Å². The van der Waals surface area contributed by atoms with E-state index >= 15 is 0 Å². The molecule has 4 amide bonds. The largest absolute Gasteiger partial charge is 0.379 e. The smallest absolute Gasteiger partial charge is 0.272 e. The normalized spacial score (nSPS) is 13.0. The van der Waals surface area contributed by atoms with Gasteiger partial charge in [-0.1, -0.05) is 29.8 Å². The Kier molecular flexibility index (Phi) is 11.8. The number of thiophene rings is 1. The predicted molar refractivity (Wildman–Crippen MR) is 198 cm³/mol. The van der Waals surface area contributed by atoms with Crippen LogP contribution in [0.2, 0.25) is 5.02 Å². The van der Waals surface area contributed by atoms with E-state index in [0.717, 1.165) is 54.3 Å². The van der Waals surface area contributed by atoms with Crippen LogP contribution in [0.3, 0.4) is 0 Å². The Hall–Kier alpha value is -4.89. The van der Waals surface area contributed by atoms with Crippen molar-refractivity contribution in [2.45, 2.75) is 13.8 Å². The highest BCUT2D eigenvalue weighted by Gasteiger charge is 2.20. The van der Waals surface area contributed by atoms with Gasteiger partial charge in [-0.05, 0) is 31.2 Å². The van der Waals surface area contributed by atoms with Gasteiger partial charge in [-0.15, -0.1) is 11.3 Å². The molecule has 5 heterocycles. The molecule has 1 aliphatic heterocycles. The molecule has 50 heavy (non-hydrogen) atoms. The maximum absolute atomic E-state index is 12.7. The van der Waals surface area contributed by atoms with Crippen LogP contribution in [0.4, 0.5) is 17.1 Å². The average Bonchev–Trinajstić information content (AvgIpc) is 3.82. The molecule has 0 bridgehead atoms. The highest BCUT2D eigenvalue weighted by molar-refractivity contribution is 7.21. The summed E-state index contributed by atoms with van der Waals surface area (Å²) in [6, 6.07) is 12.8. The summed E-state index contributed by atoms with van der Waals surface area (Å²) in [6.45, 7) is 8.15. The Labute approximate surface area is 299 Å². The fraction of sp³-hybridized carbons (Fsp3) is 0.314. The lowest BCUT2D eigenvalue weighted by molar-refractivity contribution is -0.114. The third-order valence-corrected chi connectivity index (χ3v) is 9.80. The van der Waals surface area contributed by atoms with Crippen molar-refractivity contribution in [3.05, 3.63) is 88.0 Å².